The molecule has 1 atom stereocenters. The molecule has 1 aliphatic rings. The molecule has 5 heteroatoms. The summed E-state index contributed by atoms with van der Waals surface area (Å²) < 4.78 is 13.4. The first-order valence-corrected chi connectivity index (χ1v) is 7.82. The van der Waals surface area contributed by atoms with Gasteiger partial charge in [-0.25, -0.2) is 4.39 Å². The maximum absolute atomic E-state index is 13.4. The van der Waals surface area contributed by atoms with E-state index in [0.29, 0.717) is 5.92 Å². The first-order chi connectivity index (χ1) is 9.22. The lowest BCUT2D eigenvalue weighted by Gasteiger charge is -2.15. The van der Waals surface area contributed by atoms with Gasteiger partial charge in [0.25, 0.3) is 5.91 Å². The van der Waals surface area contributed by atoms with Crippen LogP contribution < -0.4 is 5.73 Å². The van der Waals surface area contributed by atoms with Crippen molar-refractivity contribution in [2.45, 2.75) is 32.1 Å². The maximum Gasteiger partial charge on any atom is 0.266 e. The fourth-order valence-corrected chi connectivity index (χ4v) is 3.33. The van der Waals surface area contributed by atoms with E-state index in [1.807, 2.05) is 0 Å². The van der Waals surface area contributed by atoms with E-state index in [0.717, 1.165) is 38.9 Å². The first-order valence-electron chi connectivity index (χ1n) is 6.94. The van der Waals surface area contributed by atoms with Crippen LogP contribution in [0.3, 0.4) is 0 Å². The van der Waals surface area contributed by atoms with E-state index >= 15 is 0 Å². The van der Waals surface area contributed by atoms with Gasteiger partial charge in [0.2, 0.25) is 0 Å². The Morgan fingerprint density at radius 1 is 1.47 bits per heavy atom. The van der Waals surface area contributed by atoms with Gasteiger partial charge in [0.1, 0.15) is 10.7 Å². The van der Waals surface area contributed by atoms with Crippen LogP contribution in [-0.2, 0) is 0 Å². The molecule has 106 valence electrons. The molecule has 1 fully saturated rings. The monoisotopic (exact) mass is 284 g/mol. The van der Waals surface area contributed by atoms with Crippen LogP contribution in [-0.4, -0.2) is 30.4 Å². The molecule has 1 aromatic rings. The summed E-state index contributed by atoms with van der Waals surface area (Å²) >= 11 is 1.19. The van der Waals surface area contributed by atoms with Gasteiger partial charge in [-0.3, -0.25) is 4.79 Å². The van der Waals surface area contributed by atoms with Crippen LogP contribution >= 0.6 is 11.3 Å². The van der Waals surface area contributed by atoms with E-state index in [1.165, 1.54) is 30.2 Å². The van der Waals surface area contributed by atoms with Crippen LogP contribution in [0.4, 0.5) is 4.39 Å². The number of hydrogen-bond acceptors (Lipinski definition) is 3. The highest BCUT2D eigenvalue weighted by atomic mass is 32.1. The minimum Gasteiger partial charge on any atom is -0.338 e. The Labute approximate surface area is 117 Å². The van der Waals surface area contributed by atoms with Crippen molar-refractivity contribution in [2.75, 3.05) is 19.6 Å². The van der Waals surface area contributed by atoms with E-state index in [2.05, 4.69) is 0 Å². The minimum absolute atomic E-state index is 0.142. The normalized spacial score (nSPS) is 19.1. The zero-order valence-corrected chi connectivity index (χ0v) is 11.9. The summed E-state index contributed by atoms with van der Waals surface area (Å²) in [5.41, 5.74) is 5.47. The fraction of sp³-hybridized carbons (Fsp3) is 0.643. The highest BCUT2D eigenvalue weighted by molar-refractivity contribution is 7.12. The number of carbonyl (C=O) groups excluding carboxylic acids is 1. The van der Waals surface area contributed by atoms with Gasteiger partial charge in [-0.2, -0.15) is 0 Å². The molecule has 2 rings (SSSR count). The van der Waals surface area contributed by atoms with Gasteiger partial charge in [0, 0.05) is 13.1 Å². The molecule has 0 bridgehead atoms. The molecule has 1 unspecified atom stereocenters. The molecule has 0 radical (unpaired) electrons. The van der Waals surface area contributed by atoms with E-state index in [-0.39, 0.29) is 16.6 Å². The molecule has 0 aliphatic carbocycles. The summed E-state index contributed by atoms with van der Waals surface area (Å²) in [6, 6.07) is 1.36. The number of nitrogens with zero attached hydrogens (tertiary/aromatic N) is 1. The summed E-state index contributed by atoms with van der Waals surface area (Å²) in [6.07, 6.45) is 5.62. The van der Waals surface area contributed by atoms with Gasteiger partial charge < -0.3 is 10.6 Å². The smallest absolute Gasteiger partial charge is 0.266 e. The Hall–Kier alpha value is -0.940. The number of hydrogen-bond donors (Lipinski definition) is 1. The van der Waals surface area contributed by atoms with E-state index in [4.69, 9.17) is 5.73 Å². The van der Waals surface area contributed by atoms with Crippen molar-refractivity contribution < 1.29 is 9.18 Å². The summed E-state index contributed by atoms with van der Waals surface area (Å²) in [5, 5.41) is 1.63. The molecule has 1 amide bonds. The third-order valence-electron chi connectivity index (χ3n) is 3.70. The Morgan fingerprint density at radius 2 is 2.32 bits per heavy atom. The fourth-order valence-electron chi connectivity index (χ4n) is 2.60. The Morgan fingerprint density at radius 3 is 3.00 bits per heavy atom. The standard InChI is InChI=1S/C14H21FN2OS/c15-12-6-9-19-13(12)14(18)17-8-5-11(10-17)4-2-1-3-7-16/h6,9,11H,1-5,7-8,10,16H2. The minimum atomic E-state index is -0.388. The lowest BCUT2D eigenvalue weighted by molar-refractivity contribution is 0.0787. The van der Waals surface area contributed by atoms with Gasteiger partial charge >= 0.3 is 0 Å². The SMILES string of the molecule is NCCCCCC1CCN(C(=O)c2sccc2F)C1. The van der Waals surface area contributed by atoms with Crippen molar-refractivity contribution in [1.29, 1.82) is 0 Å². The van der Waals surface area contributed by atoms with Crippen LogP contribution in [0.15, 0.2) is 11.4 Å². The number of thiophene rings is 1. The molecule has 3 nitrogen and oxygen atoms in total. The summed E-state index contributed by atoms with van der Waals surface area (Å²) in [7, 11) is 0. The molecule has 2 heterocycles. The third kappa shape index (κ3) is 3.76. The third-order valence-corrected chi connectivity index (χ3v) is 4.58. The van der Waals surface area contributed by atoms with Crippen LogP contribution in [0.1, 0.15) is 41.8 Å². The number of amides is 1. The quantitative estimate of drug-likeness (QED) is 0.816. The van der Waals surface area contributed by atoms with Crippen molar-refractivity contribution in [3.63, 3.8) is 0 Å². The number of rotatable bonds is 6. The molecule has 0 spiro atoms. The molecule has 0 saturated carbocycles. The van der Waals surface area contributed by atoms with Crippen molar-refractivity contribution in [3.05, 3.63) is 22.1 Å². The topological polar surface area (TPSA) is 46.3 Å². The average Bonchev–Trinajstić information content (AvgIpc) is 3.03. The van der Waals surface area contributed by atoms with Gasteiger partial charge in [-0.05, 0) is 43.2 Å². The number of nitrogens with two attached hydrogens (primary N) is 1. The summed E-state index contributed by atoms with van der Waals surface area (Å²) in [6.45, 7) is 2.30. The van der Waals surface area contributed by atoms with E-state index in [1.54, 1.807) is 10.3 Å². The maximum atomic E-state index is 13.4. The molecular weight excluding hydrogens is 263 g/mol. The predicted octanol–water partition coefficient (Wildman–Crippen LogP) is 2.87. The zero-order chi connectivity index (χ0) is 13.7. The largest absolute Gasteiger partial charge is 0.338 e. The zero-order valence-electron chi connectivity index (χ0n) is 11.1. The van der Waals surface area contributed by atoms with Crippen molar-refractivity contribution in [1.82, 2.24) is 4.90 Å². The van der Waals surface area contributed by atoms with Crippen LogP contribution in [0.25, 0.3) is 0 Å². The predicted molar refractivity (Wildman–Crippen MR) is 75.8 cm³/mol. The van der Waals surface area contributed by atoms with Crippen LogP contribution in [0, 0.1) is 11.7 Å². The van der Waals surface area contributed by atoms with Crippen LogP contribution in [0.5, 0.6) is 0 Å². The van der Waals surface area contributed by atoms with Crippen molar-refractivity contribution in [2.24, 2.45) is 11.7 Å². The van der Waals surface area contributed by atoms with Gasteiger partial charge in [-0.1, -0.05) is 12.8 Å². The Bertz CT molecular complexity index is 421. The molecule has 2 N–H and O–H groups in total. The Kier molecular flexibility index (Phi) is 5.34. The number of carbonyl (C=O) groups is 1. The van der Waals surface area contributed by atoms with Crippen molar-refractivity contribution in [3.8, 4) is 0 Å². The highest BCUT2D eigenvalue weighted by Crippen LogP contribution is 2.25. The molecule has 19 heavy (non-hydrogen) atoms. The molecule has 1 aromatic heterocycles. The number of likely N-dealkylation sites (tertiary alicyclic amines) is 1. The Balaban J connectivity index is 1.78. The van der Waals surface area contributed by atoms with Gasteiger partial charge in [0.15, 0.2) is 0 Å². The van der Waals surface area contributed by atoms with Crippen LogP contribution in [0.2, 0.25) is 0 Å². The summed E-state index contributed by atoms with van der Waals surface area (Å²) in [4.78, 5) is 14.2. The van der Waals surface area contributed by atoms with Gasteiger partial charge in [0.05, 0.1) is 0 Å². The lowest BCUT2D eigenvalue weighted by Crippen LogP contribution is -2.28. The summed E-state index contributed by atoms with van der Waals surface area (Å²) in [5.74, 6) is 0.0445. The second kappa shape index (κ2) is 7.01. The average molecular weight is 284 g/mol. The number of unbranched alkanes of at least 4 members (excludes halogenated alkanes) is 2. The molecule has 1 aliphatic heterocycles. The lowest BCUT2D eigenvalue weighted by atomic mass is 10.0. The second-order valence-corrected chi connectivity index (χ2v) is 6.06. The molecule has 0 aromatic carbocycles. The number of halogens is 1. The van der Waals surface area contributed by atoms with E-state index < -0.39 is 0 Å². The molecular formula is C14H21FN2OS. The van der Waals surface area contributed by atoms with Crippen molar-refractivity contribution >= 4 is 17.2 Å². The molecule has 1 saturated heterocycles. The highest BCUT2D eigenvalue weighted by Gasteiger charge is 2.28. The van der Waals surface area contributed by atoms with Gasteiger partial charge in [-0.15, -0.1) is 11.3 Å². The second-order valence-electron chi connectivity index (χ2n) is 5.14. The first kappa shape index (κ1) is 14.5. The van der Waals surface area contributed by atoms with E-state index in [9.17, 15) is 9.18 Å².